The highest BCUT2D eigenvalue weighted by molar-refractivity contribution is 5.93. The minimum absolute atomic E-state index is 0.444. The lowest BCUT2D eigenvalue weighted by Crippen LogP contribution is -2.10. The largest absolute Gasteiger partial charge is 0.366 e. The summed E-state index contributed by atoms with van der Waals surface area (Å²) in [5, 5.41) is 6.67. The number of benzene rings is 3. The molecule has 0 aliphatic carbocycles. The Morgan fingerprint density at radius 2 is 1.38 bits per heavy atom. The summed E-state index contributed by atoms with van der Waals surface area (Å²) < 4.78 is 0. The highest BCUT2D eigenvalue weighted by Crippen LogP contribution is 2.27. The number of amides is 1. The third-order valence-corrected chi connectivity index (χ3v) is 4.46. The number of carbonyl (C=O) groups is 1. The summed E-state index contributed by atoms with van der Waals surface area (Å²) in [5.74, 6) is 0.274. The first-order chi connectivity index (χ1) is 14.2. The van der Waals surface area contributed by atoms with Gasteiger partial charge in [0.05, 0.1) is 0 Å². The Labute approximate surface area is 169 Å². The molecule has 0 radical (unpaired) electrons. The number of nitrogens with zero attached hydrogens (tertiary/aromatic N) is 1. The van der Waals surface area contributed by atoms with Crippen molar-refractivity contribution >= 4 is 28.8 Å². The Hall–Kier alpha value is -4.12. The Morgan fingerprint density at radius 3 is 2.14 bits per heavy atom. The molecule has 1 heterocycles. The van der Waals surface area contributed by atoms with Crippen LogP contribution in [0.1, 0.15) is 10.4 Å². The number of nitrogens with two attached hydrogens (primary N) is 1. The van der Waals surface area contributed by atoms with Crippen molar-refractivity contribution in [3.8, 4) is 11.1 Å². The zero-order chi connectivity index (χ0) is 20.1. The van der Waals surface area contributed by atoms with E-state index in [9.17, 15) is 4.79 Å². The van der Waals surface area contributed by atoms with Crippen molar-refractivity contribution in [1.29, 1.82) is 0 Å². The van der Waals surface area contributed by atoms with Gasteiger partial charge in [0.1, 0.15) is 5.82 Å². The van der Waals surface area contributed by atoms with Gasteiger partial charge in [0.15, 0.2) is 0 Å². The standard InChI is InChI=1S/C24H20N4O/c25-24(29)17-9-11-21(12-10-17)28-23-16-19(13-14-26-23)18-5-4-8-22(15-18)27-20-6-2-1-3-7-20/h1-16,27H,(H2,25,29)(H,26,28). The van der Waals surface area contributed by atoms with E-state index in [1.54, 1.807) is 30.5 Å². The summed E-state index contributed by atoms with van der Waals surface area (Å²) in [4.78, 5) is 15.6. The van der Waals surface area contributed by atoms with Gasteiger partial charge in [-0.05, 0) is 71.8 Å². The number of primary amides is 1. The van der Waals surface area contributed by atoms with Crippen LogP contribution in [0, 0.1) is 0 Å². The number of hydrogen-bond acceptors (Lipinski definition) is 4. The van der Waals surface area contributed by atoms with Crippen LogP contribution in [-0.2, 0) is 0 Å². The summed E-state index contributed by atoms with van der Waals surface area (Å²) in [6.45, 7) is 0. The average molecular weight is 380 g/mol. The topological polar surface area (TPSA) is 80.0 Å². The number of hydrogen-bond donors (Lipinski definition) is 3. The number of rotatable bonds is 6. The molecule has 0 spiro atoms. The van der Waals surface area contributed by atoms with Gasteiger partial charge < -0.3 is 16.4 Å². The predicted octanol–water partition coefficient (Wildman–Crippen LogP) is 5.33. The van der Waals surface area contributed by atoms with Crippen LogP contribution in [0.15, 0.2) is 97.2 Å². The zero-order valence-corrected chi connectivity index (χ0v) is 15.7. The van der Waals surface area contributed by atoms with E-state index in [0.29, 0.717) is 5.56 Å². The quantitative estimate of drug-likeness (QED) is 0.422. The lowest BCUT2D eigenvalue weighted by Gasteiger charge is -2.10. The SMILES string of the molecule is NC(=O)c1ccc(Nc2cc(-c3cccc(Nc4ccccc4)c3)ccn2)cc1. The van der Waals surface area contributed by atoms with E-state index in [0.717, 1.165) is 34.0 Å². The molecule has 0 aliphatic rings. The molecule has 0 saturated heterocycles. The molecule has 29 heavy (non-hydrogen) atoms. The van der Waals surface area contributed by atoms with E-state index in [1.807, 2.05) is 54.6 Å². The maximum absolute atomic E-state index is 11.2. The molecule has 4 N–H and O–H groups in total. The molecule has 0 saturated carbocycles. The fraction of sp³-hybridized carbons (Fsp3) is 0. The first-order valence-electron chi connectivity index (χ1n) is 9.23. The van der Waals surface area contributed by atoms with Gasteiger partial charge in [-0.1, -0.05) is 30.3 Å². The predicted molar refractivity (Wildman–Crippen MR) is 118 cm³/mol. The fourth-order valence-electron chi connectivity index (χ4n) is 3.01. The number of pyridine rings is 1. The van der Waals surface area contributed by atoms with Crippen LogP contribution in [0.25, 0.3) is 11.1 Å². The zero-order valence-electron chi connectivity index (χ0n) is 15.7. The third-order valence-electron chi connectivity index (χ3n) is 4.46. The Morgan fingerprint density at radius 1 is 0.690 bits per heavy atom. The molecule has 4 rings (SSSR count). The molecular weight excluding hydrogens is 360 g/mol. The van der Waals surface area contributed by atoms with Gasteiger partial charge in [0.2, 0.25) is 5.91 Å². The van der Waals surface area contributed by atoms with E-state index in [2.05, 4.69) is 27.8 Å². The lowest BCUT2D eigenvalue weighted by atomic mass is 10.1. The highest BCUT2D eigenvalue weighted by atomic mass is 16.1. The van der Waals surface area contributed by atoms with Crippen LogP contribution in [-0.4, -0.2) is 10.9 Å². The second kappa shape index (κ2) is 8.27. The van der Waals surface area contributed by atoms with Crippen LogP contribution >= 0.6 is 0 Å². The van der Waals surface area contributed by atoms with E-state index in [4.69, 9.17) is 5.73 Å². The summed E-state index contributed by atoms with van der Waals surface area (Å²) in [7, 11) is 0. The van der Waals surface area contributed by atoms with Gasteiger partial charge in [-0.2, -0.15) is 0 Å². The van der Waals surface area contributed by atoms with Gasteiger partial charge in [0, 0.05) is 28.8 Å². The molecule has 5 nitrogen and oxygen atoms in total. The van der Waals surface area contributed by atoms with Crippen molar-refractivity contribution in [2.75, 3.05) is 10.6 Å². The molecule has 0 fully saturated rings. The molecule has 0 aliphatic heterocycles. The molecular formula is C24H20N4O. The minimum Gasteiger partial charge on any atom is -0.366 e. The van der Waals surface area contributed by atoms with Crippen LogP contribution < -0.4 is 16.4 Å². The second-order valence-corrected chi connectivity index (χ2v) is 6.57. The molecule has 1 amide bonds. The van der Waals surface area contributed by atoms with Crippen LogP contribution in [0.4, 0.5) is 22.9 Å². The minimum atomic E-state index is -0.444. The monoisotopic (exact) mass is 380 g/mol. The maximum Gasteiger partial charge on any atom is 0.248 e. The number of aromatic nitrogens is 1. The Bertz CT molecular complexity index is 1120. The number of anilines is 4. The molecule has 1 aromatic heterocycles. The number of nitrogens with one attached hydrogen (secondary N) is 2. The van der Waals surface area contributed by atoms with E-state index < -0.39 is 5.91 Å². The second-order valence-electron chi connectivity index (χ2n) is 6.57. The molecule has 3 aromatic carbocycles. The van der Waals surface area contributed by atoms with Crippen molar-refractivity contribution in [2.24, 2.45) is 5.73 Å². The molecule has 0 bridgehead atoms. The van der Waals surface area contributed by atoms with E-state index in [-0.39, 0.29) is 0 Å². The van der Waals surface area contributed by atoms with E-state index in [1.165, 1.54) is 0 Å². The molecule has 142 valence electrons. The van der Waals surface area contributed by atoms with Crippen LogP contribution in [0.3, 0.4) is 0 Å². The Balaban J connectivity index is 1.54. The summed E-state index contributed by atoms with van der Waals surface area (Å²) >= 11 is 0. The summed E-state index contributed by atoms with van der Waals surface area (Å²) in [6, 6.07) is 29.2. The van der Waals surface area contributed by atoms with Crippen molar-refractivity contribution < 1.29 is 4.79 Å². The highest BCUT2D eigenvalue weighted by Gasteiger charge is 2.04. The first kappa shape index (κ1) is 18.3. The number of carbonyl (C=O) groups excluding carboxylic acids is 1. The first-order valence-corrected chi connectivity index (χ1v) is 9.23. The van der Waals surface area contributed by atoms with Gasteiger partial charge in [0.25, 0.3) is 0 Å². The fourth-order valence-corrected chi connectivity index (χ4v) is 3.01. The van der Waals surface area contributed by atoms with Crippen LogP contribution in [0.5, 0.6) is 0 Å². The molecule has 0 atom stereocenters. The van der Waals surface area contributed by atoms with Crippen molar-refractivity contribution in [3.05, 3.63) is 103 Å². The van der Waals surface area contributed by atoms with Gasteiger partial charge >= 0.3 is 0 Å². The van der Waals surface area contributed by atoms with Gasteiger partial charge in [-0.3, -0.25) is 4.79 Å². The maximum atomic E-state index is 11.2. The van der Waals surface area contributed by atoms with Gasteiger partial charge in [-0.25, -0.2) is 4.98 Å². The van der Waals surface area contributed by atoms with Crippen molar-refractivity contribution in [1.82, 2.24) is 4.98 Å². The molecule has 0 unspecified atom stereocenters. The van der Waals surface area contributed by atoms with Crippen molar-refractivity contribution in [3.63, 3.8) is 0 Å². The molecule has 5 heteroatoms. The summed E-state index contributed by atoms with van der Waals surface area (Å²) in [5.41, 5.74) is 10.8. The average Bonchev–Trinajstić information content (AvgIpc) is 2.75. The summed E-state index contributed by atoms with van der Waals surface area (Å²) in [6.07, 6.45) is 1.77. The van der Waals surface area contributed by atoms with Crippen molar-refractivity contribution in [2.45, 2.75) is 0 Å². The number of para-hydroxylation sites is 1. The lowest BCUT2D eigenvalue weighted by molar-refractivity contribution is 0.100. The van der Waals surface area contributed by atoms with E-state index >= 15 is 0 Å². The van der Waals surface area contributed by atoms with Crippen LogP contribution in [0.2, 0.25) is 0 Å². The Kier molecular flexibility index (Phi) is 5.21. The van der Waals surface area contributed by atoms with Gasteiger partial charge in [-0.15, -0.1) is 0 Å². The third kappa shape index (κ3) is 4.59. The smallest absolute Gasteiger partial charge is 0.248 e. The molecule has 4 aromatic rings. The normalized spacial score (nSPS) is 10.3.